The Kier molecular flexibility index (Phi) is 8.62. The van der Waals surface area contributed by atoms with Gasteiger partial charge in [0.05, 0.1) is 5.02 Å². The maximum atomic E-state index is 11.6. The number of benzene rings is 3. The highest BCUT2D eigenvalue weighted by molar-refractivity contribution is 6.32. The molecule has 0 atom stereocenters. The number of nitrogens with one attached hydrogen (secondary N) is 1. The smallest absolute Gasteiger partial charge is 0.323 e. The second kappa shape index (κ2) is 12.5. The van der Waals surface area contributed by atoms with Gasteiger partial charge >= 0.3 is 5.97 Å². The molecule has 0 saturated carbocycles. The Morgan fingerprint density at radius 2 is 1.86 bits per heavy atom. The van der Waals surface area contributed by atoms with Crippen LogP contribution in [0.4, 0.5) is 0 Å². The number of halogens is 1. The van der Waals surface area contributed by atoms with Crippen LogP contribution >= 0.6 is 11.6 Å². The largest absolute Gasteiger partial charge is 0.488 e. The molecule has 0 spiro atoms. The van der Waals surface area contributed by atoms with Crippen LogP contribution in [0.25, 0.3) is 22.2 Å². The molecule has 218 valence electrons. The fourth-order valence-corrected chi connectivity index (χ4v) is 4.71. The third-order valence-corrected chi connectivity index (χ3v) is 7.47. The van der Waals surface area contributed by atoms with E-state index in [1.165, 1.54) is 6.39 Å². The van der Waals surface area contributed by atoms with Gasteiger partial charge in [0.1, 0.15) is 47.5 Å². The Morgan fingerprint density at radius 1 is 1.05 bits per heavy atom. The fourth-order valence-electron chi connectivity index (χ4n) is 4.47. The molecule has 5 rings (SSSR count). The number of carbonyl (C=O) groups is 1. The minimum atomic E-state index is -1.17. The number of carboxylic acids is 1. The monoisotopic (exact) mass is 596 g/mol. The van der Waals surface area contributed by atoms with Crippen molar-refractivity contribution in [2.24, 2.45) is 0 Å². The van der Waals surface area contributed by atoms with E-state index in [9.17, 15) is 15.2 Å². The van der Waals surface area contributed by atoms with E-state index in [1.54, 1.807) is 44.3 Å². The van der Waals surface area contributed by atoms with Gasteiger partial charge in [0.15, 0.2) is 12.0 Å². The number of ether oxygens (including phenoxy) is 2. The first-order chi connectivity index (χ1) is 20.6. The molecule has 0 radical (unpaired) electrons. The van der Waals surface area contributed by atoms with Gasteiger partial charge in [-0.25, -0.2) is 9.97 Å². The molecule has 0 aliphatic rings. The summed E-state index contributed by atoms with van der Waals surface area (Å²) in [6.45, 7) is 5.80. The Morgan fingerprint density at radius 3 is 2.65 bits per heavy atom. The van der Waals surface area contributed by atoms with Crippen molar-refractivity contribution in [3.63, 3.8) is 0 Å². The number of carboxylic acid groups (broad SMARTS) is 1. The lowest BCUT2D eigenvalue weighted by Gasteiger charge is -2.23. The average Bonchev–Trinajstić information content (AvgIpc) is 3.47. The molecule has 0 bridgehead atoms. The third kappa shape index (κ3) is 6.78. The third-order valence-electron chi connectivity index (χ3n) is 7.17. The van der Waals surface area contributed by atoms with E-state index in [2.05, 4.69) is 21.4 Å². The summed E-state index contributed by atoms with van der Waals surface area (Å²) < 4.78 is 17.7. The predicted molar refractivity (Wildman–Crippen MR) is 162 cm³/mol. The number of hydrogen-bond donors (Lipinski definition) is 2. The van der Waals surface area contributed by atoms with Crippen LogP contribution in [0.2, 0.25) is 5.02 Å². The van der Waals surface area contributed by atoms with Gasteiger partial charge in [0.2, 0.25) is 0 Å². The quantitative estimate of drug-likeness (QED) is 0.168. The van der Waals surface area contributed by atoms with Gasteiger partial charge in [0.25, 0.3) is 0 Å². The van der Waals surface area contributed by atoms with Gasteiger partial charge in [0, 0.05) is 24.4 Å². The second-order valence-corrected chi connectivity index (χ2v) is 10.9. The van der Waals surface area contributed by atoms with E-state index >= 15 is 0 Å². The maximum absolute atomic E-state index is 11.6. The van der Waals surface area contributed by atoms with E-state index < -0.39 is 11.5 Å². The number of hydrogen-bond acceptors (Lipinski definition) is 8. The zero-order valence-corrected chi connectivity index (χ0v) is 24.6. The zero-order valence-electron chi connectivity index (χ0n) is 23.8. The van der Waals surface area contributed by atoms with Crippen LogP contribution in [0.15, 0.2) is 77.7 Å². The van der Waals surface area contributed by atoms with Crippen LogP contribution in [-0.4, -0.2) is 26.6 Å². The lowest BCUT2D eigenvalue weighted by atomic mass is 9.96. The van der Waals surface area contributed by atoms with Crippen molar-refractivity contribution >= 4 is 28.7 Å². The van der Waals surface area contributed by atoms with E-state index in [1.807, 2.05) is 43.3 Å². The number of aliphatic carboxylic acids is 1. The number of aromatic nitrogens is 2. The van der Waals surface area contributed by atoms with Crippen molar-refractivity contribution in [2.45, 2.75) is 46.1 Å². The van der Waals surface area contributed by atoms with Gasteiger partial charge in [-0.3, -0.25) is 10.1 Å². The summed E-state index contributed by atoms with van der Waals surface area (Å²) in [5, 5.41) is 22.1. The summed E-state index contributed by atoms with van der Waals surface area (Å²) >= 11 is 6.66. The van der Waals surface area contributed by atoms with Crippen LogP contribution in [-0.2, 0) is 24.6 Å². The SMILES string of the molecule is Cc1c(COc2cc(OCc3ccnc(C#N)c3)c(CNC(C)(C)C(=O)O)cc2Cl)cccc1-c1ccc2ocnc2c1. The fraction of sp³-hybridized carbons (Fsp3) is 0.212. The van der Waals surface area contributed by atoms with Crippen molar-refractivity contribution in [2.75, 3.05) is 0 Å². The van der Waals surface area contributed by atoms with Gasteiger partial charge in [-0.1, -0.05) is 35.9 Å². The van der Waals surface area contributed by atoms with Gasteiger partial charge in [-0.05, 0) is 78.9 Å². The summed E-state index contributed by atoms with van der Waals surface area (Å²) in [6.07, 6.45) is 2.98. The van der Waals surface area contributed by atoms with Gasteiger partial charge in [-0.15, -0.1) is 0 Å². The number of pyridine rings is 1. The Labute approximate surface area is 253 Å². The molecule has 2 heterocycles. The van der Waals surface area contributed by atoms with E-state index in [4.69, 9.17) is 25.5 Å². The van der Waals surface area contributed by atoms with Crippen LogP contribution in [0, 0.1) is 18.3 Å². The molecule has 5 aromatic rings. The number of fused-ring (bicyclic) bond motifs is 1. The number of oxazole rings is 1. The van der Waals surface area contributed by atoms with Crippen molar-refractivity contribution in [3.05, 3.63) is 106 Å². The summed E-state index contributed by atoms with van der Waals surface area (Å²) in [6, 6.07) is 20.8. The first kappa shape index (κ1) is 29.6. The summed E-state index contributed by atoms with van der Waals surface area (Å²) in [4.78, 5) is 19.9. The molecule has 3 aromatic carbocycles. The second-order valence-electron chi connectivity index (χ2n) is 10.5. The first-order valence-electron chi connectivity index (χ1n) is 13.5. The lowest BCUT2D eigenvalue weighted by molar-refractivity contribution is -0.143. The number of rotatable bonds is 11. The Hall–Kier alpha value is -4.91. The molecule has 0 aliphatic heterocycles. The van der Waals surface area contributed by atoms with Crippen LogP contribution in [0.5, 0.6) is 11.5 Å². The van der Waals surface area contributed by atoms with E-state index in [-0.39, 0.29) is 25.5 Å². The molecular formula is C33H29ClN4O5. The van der Waals surface area contributed by atoms with Crippen LogP contribution < -0.4 is 14.8 Å². The summed E-state index contributed by atoms with van der Waals surface area (Å²) in [5.41, 5.74) is 6.14. The standard InChI is InChI=1S/C33H29ClN4O5/c1-20-23(5-4-6-26(20)22-7-8-29-28(13-22)37-19-43-29)18-42-31-14-30(41-17-21-9-10-36-25(11-21)15-35)24(12-27(31)34)16-38-33(2,3)32(39)40/h4-14,19,38H,16-18H2,1-3H3,(H,39,40). The maximum Gasteiger partial charge on any atom is 0.323 e. The highest BCUT2D eigenvalue weighted by Crippen LogP contribution is 2.35. The summed E-state index contributed by atoms with van der Waals surface area (Å²) in [7, 11) is 0. The van der Waals surface area contributed by atoms with Crippen molar-refractivity contribution in [1.29, 1.82) is 5.26 Å². The van der Waals surface area contributed by atoms with Gasteiger partial charge < -0.3 is 19.0 Å². The highest BCUT2D eigenvalue weighted by atomic mass is 35.5. The molecular weight excluding hydrogens is 568 g/mol. The lowest BCUT2D eigenvalue weighted by Crippen LogP contribution is -2.46. The Bertz CT molecular complexity index is 1840. The number of nitriles is 1. The molecule has 2 aromatic heterocycles. The molecule has 0 saturated heterocycles. The van der Waals surface area contributed by atoms with Gasteiger partial charge in [-0.2, -0.15) is 5.26 Å². The predicted octanol–water partition coefficient (Wildman–Crippen LogP) is 6.83. The minimum absolute atomic E-state index is 0.157. The first-order valence-corrected chi connectivity index (χ1v) is 13.9. The van der Waals surface area contributed by atoms with Crippen LogP contribution in [0.3, 0.4) is 0 Å². The molecule has 0 fully saturated rings. The van der Waals surface area contributed by atoms with Crippen molar-refractivity contribution in [1.82, 2.24) is 15.3 Å². The Balaban J connectivity index is 1.39. The van der Waals surface area contributed by atoms with Crippen molar-refractivity contribution < 1.29 is 23.8 Å². The average molecular weight is 597 g/mol. The molecule has 9 nitrogen and oxygen atoms in total. The molecule has 43 heavy (non-hydrogen) atoms. The zero-order chi connectivity index (χ0) is 30.6. The van der Waals surface area contributed by atoms with Crippen molar-refractivity contribution in [3.8, 4) is 28.7 Å². The number of nitrogens with zero attached hydrogens (tertiary/aromatic N) is 3. The van der Waals surface area contributed by atoms with Crippen LogP contribution in [0.1, 0.15) is 41.8 Å². The highest BCUT2D eigenvalue weighted by Gasteiger charge is 2.27. The van der Waals surface area contributed by atoms with E-state index in [0.717, 1.165) is 38.9 Å². The molecule has 0 amide bonds. The minimum Gasteiger partial charge on any atom is -0.488 e. The van der Waals surface area contributed by atoms with E-state index in [0.29, 0.717) is 22.1 Å². The molecule has 0 aliphatic carbocycles. The molecule has 10 heteroatoms. The summed E-state index contributed by atoms with van der Waals surface area (Å²) in [5.74, 6) is -0.102. The molecule has 2 N–H and O–H groups in total. The normalized spacial score (nSPS) is 11.3. The molecule has 0 unspecified atom stereocenters. The topological polar surface area (TPSA) is 130 Å².